The Balaban J connectivity index is 1.56. The van der Waals surface area contributed by atoms with Gasteiger partial charge in [0.05, 0.1) is 0 Å². The van der Waals surface area contributed by atoms with Crippen LogP contribution >= 0.6 is 22.7 Å². The molecule has 4 heterocycles. The Kier molecular flexibility index (Phi) is 3.75. The number of fused-ring (bicyclic) bond motifs is 6. The molecular weight excluding hydrogens is 428 g/mol. The van der Waals surface area contributed by atoms with Gasteiger partial charge in [-0.25, -0.2) is 0 Å². The second-order valence-electron chi connectivity index (χ2n) is 8.42. The summed E-state index contributed by atoms with van der Waals surface area (Å²) in [5, 5.41) is 9.56. The molecule has 0 unspecified atom stereocenters. The van der Waals surface area contributed by atoms with Gasteiger partial charge >= 0.3 is 0 Å². The predicted molar refractivity (Wildman–Crippen MR) is 141 cm³/mol. The lowest BCUT2D eigenvalue weighted by atomic mass is 10.1. The lowest BCUT2D eigenvalue weighted by Crippen LogP contribution is -1.87. The fraction of sp³-hybridized carbons (Fsp3) is 0.0714. The Morgan fingerprint density at radius 3 is 1.34 bits per heavy atom. The van der Waals surface area contributed by atoms with E-state index in [4.69, 9.17) is 0 Å². The molecule has 154 valence electrons. The van der Waals surface area contributed by atoms with Gasteiger partial charge < -0.3 is 9.13 Å². The number of benzene rings is 3. The van der Waals surface area contributed by atoms with E-state index in [9.17, 15) is 0 Å². The zero-order valence-corrected chi connectivity index (χ0v) is 19.4. The van der Waals surface area contributed by atoms with E-state index in [0.717, 1.165) is 0 Å². The standard InChI is InChI=1S/C28H20N2S2/c1-29-23-9-7-17(27-5-3-11-31-27)13-19(23)21-16-26-22(15-25(21)29)20-14-18(28-6-4-12-32-28)8-10-24(20)30(26)2/h3-16H,1-2H3. The van der Waals surface area contributed by atoms with Gasteiger partial charge in [0.25, 0.3) is 0 Å². The number of hydrogen-bond donors (Lipinski definition) is 0. The van der Waals surface area contributed by atoms with Gasteiger partial charge in [-0.3, -0.25) is 0 Å². The molecule has 3 aromatic carbocycles. The van der Waals surface area contributed by atoms with Gasteiger partial charge in [0.15, 0.2) is 0 Å². The van der Waals surface area contributed by atoms with Gasteiger partial charge in [0, 0.05) is 67.5 Å². The third kappa shape index (κ3) is 2.45. The fourth-order valence-corrected chi connectivity index (χ4v) is 6.55. The van der Waals surface area contributed by atoms with Gasteiger partial charge in [-0.2, -0.15) is 0 Å². The number of nitrogens with zero attached hydrogens (tertiary/aromatic N) is 2. The normalized spacial score (nSPS) is 12.1. The van der Waals surface area contributed by atoms with Crippen LogP contribution in [0.25, 0.3) is 64.5 Å². The van der Waals surface area contributed by atoms with E-state index < -0.39 is 0 Å². The zero-order chi connectivity index (χ0) is 21.4. The molecule has 0 aliphatic carbocycles. The summed E-state index contributed by atoms with van der Waals surface area (Å²) in [6.07, 6.45) is 0. The lowest BCUT2D eigenvalue weighted by molar-refractivity contribution is 1.01. The molecule has 7 rings (SSSR count). The maximum absolute atomic E-state index is 2.38. The first-order valence-corrected chi connectivity index (χ1v) is 12.5. The molecule has 0 aliphatic rings. The van der Waals surface area contributed by atoms with Crippen molar-refractivity contribution in [2.45, 2.75) is 0 Å². The molecule has 0 N–H and O–H groups in total. The smallest absolute Gasteiger partial charge is 0.0496 e. The Hall–Kier alpha value is -3.34. The van der Waals surface area contributed by atoms with Crippen LogP contribution in [0.4, 0.5) is 0 Å². The second-order valence-corrected chi connectivity index (χ2v) is 10.3. The highest BCUT2D eigenvalue weighted by Gasteiger charge is 2.16. The molecule has 0 saturated heterocycles. The van der Waals surface area contributed by atoms with Crippen LogP contribution in [0.5, 0.6) is 0 Å². The van der Waals surface area contributed by atoms with Crippen LogP contribution in [0.15, 0.2) is 83.6 Å². The Bertz CT molecular complexity index is 1640. The maximum Gasteiger partial charge on any atom is 0.0496 e. The summed E-state index contributed by atoms with van der Waals surface area (Å²) < 4.78 is 4.68. The first-order chi connectivity index (χ1) is 15.7. The topological polar surface area (TPSA) is 9.86 Å². The van der Waals surface area contributed by atoms with Crippen LogP contribution in [0.1, 0.15) is 0 Å². The van der Waals surface area contributed by atoms with Crippen LogP contribution < -0.4 is 0 Å². The summed E-state index contributed by atoms with van der Waals surface area (Å²) in [4.78, 5) is 2.63. The molecule has 4 heteroatoms. The molecule has 0 radical (unpaired) electrons. The molecule has 0 fully saturated rings. The Labute approximate surface area is 193 Å². The summed E-state index contributed by atoms with van der Waals surface area (Å²) in [5.41, 5.74) is 7.70. The zero-order valence-electron chi connectivity index (χ0n) is 17.8. The van der Waals surface area contributed by atoms with E-state index in [1.54, 1.807) is 22.7 Å². The molecule has 0 saturated carbocycles. The minimum absolute atomic E-state index is 1.28. The summed E-state index contributed by atoms with van der Waals surface area (Å²) >= 11 is 3.59. The molecular formula is C28H20N2S2. The minimum atomic E-state index is 1.28. The van der Waals surface area contributed by atoms with Crippen molar-refractivity contribution in [3.8, 4) is 20.9 Å². The van der Waals surface area contributed by atoms with Crippen LogP contribution in [-0.4, -0.2) is 9.13 Å². The average Bonchev–Trinajstić information content (AvgIpc) is 3.62. The van der Waals surface area contributed by atoms with Crippen molar-refractivity contribution in [3.05, 3.63) is 83.6 Å². The molecule has 0 amide bonds. The molecule has 0 atom stereocenters. The number of aromatic nitrogens is 2. The van der Waals surface area contributed by atoms with Gasteiger partial charge in [-0.1, -0.05) is 24.3 Å². The van der Waals surface area contributed by atoms with Crippen molar-refractivity contribution in [3.63, 3.8) is 0 Å². The van der Waals surface area contributed by atoms with Gasteiger partial charge in [-0.05, 0) is 70.4 Å². The van der Waals surface area contributed by atoms with Crippen LogP contribution in [0, 0.1) is 0 Å². The van der Waals surface area contributed by atoms with Gasteiger partial charge in [0.1, 0.15) is 0 Å². The molecule has 32 heavy (non-hydrogen) atoms. The van der Waals surface area contributed by atoms with Crippen LogP contribution in [0.2, 0.25) is 0 Å². The summed E-state index contributed by atoms with van der Waals surface area (Å²) in [6.45, 7) is 0. The van der Waals surface area contributed by atoms with E-state index in [1.807, 2.05) is 0 Å². The molecule has 0 bridgehead atoms. The number of thiophene rings is 2. The fourth-order valence-electron chi connectivity index (χ4n) is 5.10. The van der Waals surface area contributed by atoms with E-state index in [2.05, 4.69) is 107 Å². The van der Waals surface area contributed by atoms with Crippen LogP contribution in [-0.2, 0) is 14.1 Å². The highest BCUT2D eigenvalue weighted by Crippen LogP contribution is 2.39. The largest absolute Gasteiger partial charge is 0.344 e. The third-order valence-corrected chi connectivity index (χ3v) is 8.58. The molecule has 4 aromatic heterocycles. The van der Waals surface area contributed by atoms with E-state index >= 15 is 0 Å². The lowest BCUT2D eigenvalue weighted by Gasteiger charge is -2.01. The van der Waals surface area contributed by atoms with Crippen molar-refractivity contribution in [1.29, 1.82) is 0 Å². The van der Waals surface area contributed by atoms with E-state index in [1.165, 1.54) is 64.5 Å². The Morgan fingerprint density at radius 2 is 0.938 bits per heavy atom. The molecule has 2 nitrogen and oxygen atoms in total. The van der Waals surface area contributed by atoms with Crippen LogP contribution in [0.3, 0.4) is 0 Å². The maximum atomic E-state index is 2.38. The van der Waals surface area contributed by atoms with Gasteiger partial charge in [-0.15, -0.1) is 22.7 Å². The van der Waals surface area contributed by atoms with Crippen molar-refractivity contribution in [2.24, 2.45) is 14.1 Å². The number of hydrogen-bond acceptors (Lipinski definition) is 2. The number of rotatable bonds is 2. The molecule has 7 aromatic rings. The van der Waals surface area contributed by atoms with Crippen molar-refractivity contribution < 1.29 is 0 Å². The first-order valence-electron chi connectivity index (χ1n) is 10.7. The monoisotopic (exact) mass is 448 g/mol. The highest BCUT2D eigenvalue weighted by molar-refractivity contribution is 7.13. The molecule has 0 spiro atoms. The molecule has 0 aliphatic heterocycles. The predicted octanol–water partition coefficient (Wildman–Crippen LogP) is 8.43. The average molecular weight is 449 g/mol. The summed E-state index contributed by atoms with van der Waals surface area (Å²) in [5.74, 6) is 0. The quantitative estimate of drug-likeness (QED) is 0.251. The SMILES string of the molecule is Cn1c2ccc(-c3cccs3)cc2c2cc3c(cc21)c1cc(-c2cccs2)ccc1n3C. The Morgan fingerprint density at radius 1 is 0.500 bits per heavy atom. The van der Waals surface area contributed by atoms with Crippen molar-refractivity contribution in [1.82, 2.24) is 9.13 Å². The third-order valence-electron chi connectivity index (χ3n) is 6.74. The number of aryl methyl sites for hydroxylation is 2. The second kappa shape index (κ2) is 6.58. The highest BCUT2D eigenvalue weighted by atomic mass is 32.1. The van der Waals surface area contributed by atoms with Crippen molar-refractivity contribution in [2.75, 3.05) is 0 Å². The van der Waals surface area contributed by atoms with E-state index in [-0.39, 0.29) is 0 Å². The first kappa shape index (κ1) is 18.3. The van der Waals surface area contributed by atoms with Crippen molar-refractivity contribution >= 4 is 66.3 Å². The van der Waals surface area contributed by atoms with E-state index in [0.29, 0.717) is 0 Å². The summed E-state index contributed by atoms with van der Waals surface area (Å²) in [7, 11) is 4.37. The summed E-state index contributed by atoms with van der Waals surface area (Å²) in [6, 6.07) is 27.1. The minimum Gasteiger partial charge on any atom is -0.344 e. The van der Waals surface area contributed by atoms with Gasteiger partial charge in [0.2, 0.25) is 0 Å².